The standard InChI is InChI=1S/C10H12NOS.Ac/c1-8(11)7-13-10(12)9-5-3-2-4-6-9;/h2-6,8,11H,7H2,1H3;/q-1;. The minimum absolute atomic E-state index is 0. The van der Waals surface area contributed by atoms with Crippen LogP contribution in [0, 0.1) is 44.1 Å². The molecular formula is C10H12AcNOS-. The van der Waals surface area contributed by atoms with Crippen molar-refractivity contribution in [3.05, 3.63) is 41.6 Å². The molecule has 1 rings (SSSR count). The van der Waals surface area contributed by atoms with Crippen LogP contribution in [0.2, 0.25) is 0 Å². The van der Waals surface area contributed by atoms with Crippen molar-refractivity contribution in [3.63, 3.8) is 0 Å². The minimum atomic E-state index is -0.183. The maximum Gasteiger partial charge on any atom is 0.219 e. The first-order valence-electron chi connectivity index (χ1n) is 4.13. The smallest absolute Gasteiger partial charge is 0.219 e. The van der Waals surface area contributed by atoms with Crippen LogP contribution in [-0.2, 0) is 0 Å². The third-order valence-corrected chi connectivity index (χ3v) is 2.64. The molecule has 1 atom stereocenters. The van der Waals surface area contributed by atoms with Crippen molar-refractivity contribution in [2.24, 2.45) is 0 Å². The molecule has 0 fully saturated rings. The molecule has 0 aromatic heterocycles. The first-order chi connectivity index (χ1) is 6.20. The molecule has 0 aliphatic carbocycles. The Bertz CT molecular complexity index is 277. The van der Waals surface area contributed by atoms with Crippen LogP contribution >= 0.6 is 11.8 Å². The van der Waals surface area contributed by atoms with Gasteiger partial charge in [-0.2, -0.15) is 0 Å². The normalized spacial score (nSPS) is 11.6. The van der Waals surface area contributed by atoms with E-state index in [1.54, 1.807) is 19.1 Å². The van der Waals surface area contributed by atoms with Gasteiger partial charge in [0.15, 0.2) is 0 Å². The Kier molecular flexibility index (Phi) is 8.23. The van der Waals surface area contributed by atoms with Gasteiger partial charge in [-0.25, -0.2) is 0 Å². The third kappa shape index (κ3) is 5.50. The van der Waals surface area contributed by atoms with Gasteiger partial charge < -0.3 is 5.73 Å². The fraction of sp³-hybridized carbons (Fsp3) is 0.300. The predicted octanol–water partition coefficient (Wildman–Crippen LogP) is 3.00. The average molecular weight is 421 g/mol. The number of hydrogen-bond donors (Lipinski definition) is 0. The number of nitrogens with one attached hydrogen (secondary N) is 1. The fourth-order valence-electron chi connectivity index (χ4n) is 0.858. The average Bonchev–Trinajstić information content (AvgIpc) is 2.15. The molecule has 0 aliphatic heterocycles. The van der Waals surface area contributed by atoms with Gasteiger partial charge in [-0.05, 0) is 5.75 Å². The van der Waals surface area contributed by atoms with Gasteiger partial charge in [0.1, 0.15) is 0 Å². The monoisotopic (exact) mass is 421 g/mol. The van der Waals surface area contributed by atoms with Gasteiger partial charge in [-0.15, -0.1) is 6.04 Å². The molecule has 2 nitrogen and oxygen atoms in total. The number of carbonyl (C=O) groups excluding carboxylic acids is 1. The molecule has 73 valence electrons. The summed E-state index contributed by atoms with van der Waals surface area (Å²) in [5.41, 5.74) is 7.98. The second-order valence-corrected chi connectivity index (χ2v) is 3.86. The van der Waals surface area contributed by atoms with Crippen LogP contribution in [0.4, 0.5) is 0 Å². The molecule has 0 saturated carbocycles. The Morgan fingerprint density at radius 2 is 2.00 bits per heavy atom. The van der Waals surface area contributed by atoms with Gasteiger partial charge in [-0.1, -0.05) is 49.0 Å². The van der Waals surface area contributed by atoms with Crippen molar-refractivity contribution in [1.29, 1.82) is 0 Å². The van der Waals surface area contributed by atoms with Gasteiger partial charge in [0.25, 0.3) is 0 Å². The molecule has 0 heterocycles. The quantitative estimate of drug-likeness (QED) is 0.753. The maximum absolute atomic E-state index is 11.4. The van der Waals surface area contributed by atoms with Crippen molar-refractivity contribution in [2.45, 2.75) is 13.0 Å². The molecule has 0 bridgehead atoms. The Labute approximate surface area is 125 Å². The van der Waals surface area contributed by atoms with Crippen molar-refractivity contribution in [1.82, 2.24) is 0 Å². The van der Waals surface area contributed by atoms with Crippen LogP contribution in [0.5, 0.6) is 0 Å². The zero-order valence-electron chi connectivity index (χ0n) is 8.07. The second-order valence-electron chi connectivity index (χ2n) is 2.87. The Hall–Kier alpha value is 0.642. The Morgan fingerprint density at radius 1 is 1.43 bits per heavy atom. The molecular weight excluding hydrogens is 409 g/mol. The van der Waals surface area contributed by atoms with E-state index in [-0.39, 0.29) is 55.2 Å². The van der Waals surface area contributed by atoms with Crippen LogP contribution in [0.25, 0.3) is 5.73 Å². The van der Waals surface area contributed by atoms with Crippen LogP contribution in [-0.4, -0.2) is 16.9 Å². The summed E-state index contributed by atoms with van der Waals surface area (Å²) >= 11 is 1.21. The number of carbonyl (C=O) groups is 1. The van der Waals surface area contributed by atoms with E-state index in [0.29, 0.717) is 11.3 Å². The molecule has 1 aromatic carbocycles. The first-order valence-corrected chi connectivity index (χ1v) is 5.12. The van der Waals surface area contributed by atoms with Crippen molar-refractivity contribution in [2.75, 3.05) is 5.75 Å². The van der Waals surface area contributed by atoms with Crippen molar-refractivity contribution >= 4 is 16.9 Å². The topological polar surface area (TPSA) is 40.9 Å². The van der Waals surface area contributed by atoms with E-state index in [1.165, 1.54) is 11.8 Å². The van der Waals surface area contributed by atoms with E-state index in [0.717, 1.165) is 0 Å². The van der Waals surface area contributed by atoms with Gasteiger partial charge in [0, 0.05) is 49.6 Å². The molecule has 1 radical (unpaired) electrons. The number of rotatable bonds is 3. The van der Waals surface area contributed by atoms with Crippen LogP contribution in [0.3, 0.4) is 0 Å². The third-order valence-electron chi connectivity index (χ3n) is 1.47. The summed E-state index contributed by atoms with van der Waals surface area (Å²) in [5.74, 6) is 0.563. The van der Waals surface area contributed by atoms with E-state index in [9.17, 15) is 4.79 Å². The summed E-state index contributed by atoms with van der Waals surface area (Å²) < 4.78 is 0. The van der Waals surface area contributed by atoms with Gasteiger partial charge in [0.05, 0.1) is 0 Å². The van der Waals surface area contributed by atoms with E-state index in [2.05, 4.69) is 0 Å². The predicted molar refractivity (Wildman–Crippen MR) is 57.0 cm³/mol. The number of thioether (sulfide) groups is 1. The summed E-state index contributed by atoms with van der Waals surface area (Å²) in [4.78, 5) is 11.4. The van der Waals surface area contributed by atoms with Gasteiger partial charge in [-0.3, -0.25) is 4.79 Å². The van der Waals surface area contributed by atoms with Crippen LogP contribution < -0.4 is 0 Å². The summed E-state index contributed by atoms with van der Waals surface area (Å²) in [5, 5.41) is 0.0553. The number of hydrogen-bond acceptors (Lipinski definition) is 2. The van der Waals surface area contributed by atoms with E-state index in [1.807, 2.05) is 18.2 Å². The van der Waals surface area contributed by atoms with Crippen molar-refractivity contribution < 1.29 is 48.9 Å². The van der Waals surface area contributed by atoms with Crippen LogP contribution in [0.15, 0.2) is 30.3 Å². The minimum Gasteiger partial charge on any atom is -0.674 e. The summed E-state index contributed by atoms with van der Waals surface area (Å²) in [6.07, 6.45) is 0. The molecule has 1 aromatic rings. The Balaban J connectivity index is 0.00000169. The molecule has 0 saturated heterocycles. The molecule has 0 spiro atoms. The summed E-state index contributed by atoms with van der Waals surface area (Å²) in [6, 6.07) is 8.98. The van der Waals surface area contributed by atoms with E-state index in [4.69, 9.17) is 5.73 Å². The van der Waals surface area contributed by atoms with Gasteiger partial charge >= 0.3 is 0 Å². The Morgan fingerprint density at radius 3 is 2.50 bits per heavy atom. The first kappa shape index (κ1) is 14.6. The molecule has 4 heteroatoms. The van der Waals surface area contributed by atoms with Crippen molar-refractivity contribution in [3.8, 4) is 0 Å². The number of benzene rings is 1. The molecule has 14 heavy (non-hydrogen) atoms. The van der Waals surface area contributed by atoms with E-state index >= 15 is 0 Å². The molecule has 1 unspecified atom stereocenters. The zero-order chi connectivity index (χ0) is 9.68. The molecule has 0 aliphatic rings. The molecule has 1 N–H and O–H groups in total. The summed E-state index contributed by atoms with van der Waals surface area (Å²) in [7, 11) is 0. The molecule has 0 amide bonds. The fourth-order valence-corrected chi connectivity index (χ4v) is 1.56. The van der Waals surface area contributed by atoms with Crippen LogP contribution in [0.1, 0.15) is 17.3 Å². The van der Waals surface area contributed by atoms with E-state index < -0.39 is 0 Å². The largest absolute Gasteiger partial charge is 0.674 e. The summed E-state index contributed by atoms with van der Waals surface area (Å²) in [6.45, 7) is 1.78. The SMILES string of the molecule is CC([NH-])CSC(=O)c1ccccc1.[Ac]. The maximum atomic E-state index is 11.4. The zero-order valence-corrected chi connectivity index (χ0v) is 13.6. The second kappa shape index (κ2) is 7.87. The van der Waals surface area contributed by atoms with Gasteiger partial charge in [0.2, 0.25) is 5.12 Å².